The van der Waals surface area contributed by atoms with E-state index in [0.717, 1.165) is 12.1 Å². The number of nitrogens with two attached hydrogens (primary N) is 1. The molecule has 1 rings (SSSR count). The minimum Gasteiger partial charge on any atom is -0.388 e. The SMILES string of the molecule is CC(C)CCNC(=O)Cn1cccc1C(N)=S. The molecule has 0 radical (unpaired) electrons. The number of amides is 1. The van der Waals surface area contributed by atoms with Crippen LogP contribution in [0.25, 0.3) is 0 Å². The molecule has 0 fully saturated rings. The summed E-state index contributed by atoms with van der Waals surface area (Å²) in [6.45, 7) is 5.23. The lowest BCUT2D eigenvalue weighted by Crippen LogP contribution is -2.30. The highest BCUT2D eigenvalue weighted by atomic mass is 32.1. The van der Waals surface area contributed by atoms with Gasteiger partial charge in [-0.2, -0.15) is 0 Å². The van der Waals surface area contributed by atoms with Gasteiger partial charge in [0.05, 0.1) is 5.69 Å². The number of rotatable bonds is 6. The van der Waals surface area contributed by atoms with Gasteiger partial charge in [-0.1, -0.05) is 26.1 Å². The zero-order valence-corrected chi connectivity index (χ0v) is 11.1. The Morgan fingerprint density at radius 3 is 2.88 bits per heavy atom. The molecule has 94 valence electrons. The van der Waals surface area contributed by atoms with Crippen molar-refractivity contribution in [2.24, 2.45) is 11.7 Å². The lowest BCUT2D eigenvalue weighted by atomic mass is 10.1. The molecule has 1 amide bonds. The largest absolute Gasteiger partial charge is 0.388 e. The predicted octanol–water partition coefficient (Wildman–Crippen LogP) is 1.28. The van der Waals surface area contributed by atoms with Crippen molar-refractivity contribution >= 4 is 23.1 Å². The first-order valence-electron chi connectivity index (χ1n) is 5.72. The highest BCUT2D eigenvalue weighted by Crippen LogP contribution is 2.02. The van der Waals surface area contributed by atoms with Crippen molar-refractivity contribution in [2.45, 2.75) is 26.8 Å². The molecule has 4 nitrogen and oxygen atoms in total. The van der Waals surface area contributed by atoms with Gasteiger partial charge in [0.1, 0.15) is 11.5 Å². The van der Waals surface area contributed by atoms with Crippen molar-refractivity contribution in [3.63, 3.8) is 0 Å². The number of hydrogen-bond donors (Lipinski definition) is 2. The van der Waals surface area contributed by atoms with Crippen LogP contribution < -0.4 is 11.1 Å². The fourth-order valence-corrected chi connectivity index (χ4v) is 1.67. The molecule has 1 heterocycles. The minimum atomic E-state index is -0.0145. The number of nitrogens with one attached hydrogen (secondary N) is 1. The standard InChI is InChI=1S/C12H19N3OS/c1-9(2)5-6-14-11(16)8-15-7-3-4-10(15)12(13)17/h3-4,7,9H,5-6,8H2,1-2H3,(H2,13,17)(H,14,16). The molecule has 0 saturated heterocycles. The highest BCUT2D eigenvalue weighted by Gasteiger charge is 2.07. The Labute approximate surface area is 107 Å². The van der Waals surface area contributed by atoms with E-state index < -0.39 is 0 Å². The molecule has 1 aromatic rings. The summed E-state index contributed by atoms with van der Waals surface area (Å²) < 4.78 is 1.76. The van der Waals surface area contributed by atoms with Crippen molar-refractivity contribution < 1.29 is 4.79 Å². The summed E-state index contributed by atoms with van der Waals surface area (Å²) in [7, 11) is 0. The first-order valence-corrected chi connectivity index (χ1v) is 6.13. The molecule has 17 heavy (non-hydrogen) atoms. The fraction of sp³-hybridized carbons (Fsp3) is 0.500. The molecule has 5 heteroatoms. The number of aromatic nitrogens is 1. The topological polar surface area (TPSA) is 60.0 Å². The lowest BCUT2D eigenvalue weighted by Gasteiger charge is -2.10. The van der Waals surface area contributed by atoms with Crippen LogP contribution in [0.3, 0.4) is 0 Å². The van der Waals surface area contributed by atoms with Gasteiger partial charge in [0.2, 0.25) is 5.91 Å². The van der Waals surface area contributed by atoms with Crippen molar-refractivity contribution in [3.05, 3.63) is 24.0 Å². The Morgan fingerprint density at radius 2 is 2.29 bits per heavy atom. The van der Waals surface area contributed by atoms with Gasteiger partial charge >= 0.3 is 0 Å². The van der Waals surface area contributed by atoms with Gasteiger partial charge in [-0.25, -0.2) is 0 Å². The van der Waals surface area contributed by atoms with Crippen LogP contribution in [-0.2, 0) is 11.3 Å². The summed E-state index contributed by atoms with van der Waals surface area (Å²) in [5.74, 6) is 0.577. The summed E-state index contributed by atoms with van der Waals surface area (Å²) in [5.41, 5.74) is 6.27. The summed E-state index contributed by atoms with van der Waals surface area (Å²) in [6.07, 6.45) is 2.79. The van der Waals surface area contributed by atoms with Crippen molar-refractivity contribution in [1.82, 2.24) is 9.88 Å². The van der Waals surface area contributed by atoms with Crippen LogP contribution in [0.15, 0.2) is 18.3 Å². The van der Waals surface area contributed by atoms with E-state index in [1.807, 2.05) is 12.1 Å². The normalized spacial score (nSPS) is 10.5. The van der Waals surface area contributed by atoms with Crippen LogP contribution in [0.1, 0.15) is 26.0 Å². The average molecular weight is 253 g/mol. The molecular weight excluding hydrogens is 234 g/mol. The van der Waals surface area contributed by atoms with E-state index in [9.17, 15) is 4.79 Å². The molecule has 0 spiro atoms. The van der Waals surface area contributed by atoms with E-state index >= 15 is 0 Å². The van der Waals surface area contributed by atoms with E-state index in [1.54, 1.807) is 10.8 Å². The van der Waals surface area contributed by atoms with Crippen molar-refractivity contribution in [1.29, 1.82) is 0 Å². The third-order valence-electron chi connectivity index (χ3n) is 2.44. The maximum Gasteiger partial charge on any atom is 0.239 e. The third kappa shape index (κ3) is 4.56. The van der Waals surface area contributed by atoms with E-state index in [4.69, 9.17) is 18.0 Å². The Hall–Kier alpha value is -1.36. The van der Waals surface area contributed by atoms with E-state index in [2.05, 4.69) is 19.2 Å². The quantitative estimate of drug-likeness (QED) is 0.751. The molecule has 0 aliphatic carbocycles. The van der Waals surface area contributed by atoms with Gasteiger partial charge in [-0.3, -0.25) is 4.79 Å². The van der Waals surface area contributed by atoms with Crippen LogP contribution in [0, 0.1) is 5.92 Å². The van der Waals surface area contributed by atoms with Gasteiger partial charge in [0.25, 0.3) is 0 Å². The van der Waals surface area contributed by atoms with Gasteiger partial charge in [0, 0.05) is 12.7 Å². The van der Waals surface area contributed by atoms with Crippen LogP contribution in [-0.4, -0.2) is 22.0 Å². The van der Waals surface area contributed by atoms with Crippen LogP contribution in [0.4, 0.5) is 0 Å². The molecule has 0 aliphatic rings. The number of carbonyl (C=O) groups is 1. The van der Waals surface area contributed by atoms with Crippen LogP contribution >= 0.6 is 12.2 Å². The highest BCUT2D eigenvalue weighted by molar-refractivity contribution is 7.80. The number of thiocarbonyl (C=S) groups is 1. The number of hydrogen-bond acceptors (Lipinski definition) is 2. The summed E-state index contributed by atoms with van der Waals surface area (Å²) >= 11 is 4.90. The molecule has 0 aliphatic heterocycles. The predicted molar refractivity (Wildman–Crippen MR) is 72.8 cm³/mol. The lowest BCUT2D eigenvalue weighted by molar-refractivity contribution is -0.121. The van der Waals surface area contributed by atoms with E-state index in [-0.39, 0.29) is 12.5 Å². The van der Waals surface area contributed by atoms with Crippen LogP contribution in [0.2, 0.25) is 0 Å². The Kier molecular flexibility index (Phi) is 5.15. The first-order chi connectivity index (χ1) is 8.00. The second kappa shape index (κ2) is 6.39. The van der Waals surface area contributed by atoms with Crippen LogP contribution in [0.5, 0.6) is 0 Å². The zero-order valence-electron chi connectivity index (χ0n) is 10.3. The first kappa shape index (κ1) is 13.7. The summed E-state index contributed by atoms with van der Waals surface area (Å²) in [6, 6.07) is 3.64. The van der Waals surface area contributed by atoms with Gasteiger partial charge in [-0.15, -0.1) is 0 Å². The minimum absolute atomic E-state index is 0.0145. The number of nitrogens with zero attached hydrogens (tertiary/aromatic N) is 1. The second-order valence-electron chi connectivity index (χ2n) is 4.42. The Bertz CT molecular complexity index is 398. The molecular formula is C12H19N3OS. The van der Waals surface area contributed by atoms with Crippen molar-refractivity contribution in [2.75, 3.05) is 6.54 Å². The molecule has 3 N–H and O–H groups in total. The van der Waals surface area contributed by atoms with Gasteiger partial charge < -0.3 is 15.6 Å². The second-order valence-corrected chi connectivity index (χ2v) is 4.86. The molecule has 0 atom stereocenters. The maximum atomic E-state index is 11.7. The molecule has 0 saturated carbocycles. The van der Waals surface area contributed by atoms with E-state index in [0.29, 0.717) is 17.5 Å². The van der Waals surface area contributed by atoms with Gasteiger partial charge in [0.15, 0.2) is 0 Å². The molecule has 1 aromatic heterocycles. The van der Waals surface area contributed by atoms with Crippen molar-refractivity contribution in [3.8, 4) is 0 Å². The Morgan fingerprint density at radius 1 is 1.59 bits per heavy atom. The average Bonchev–Trinajstić information content (AvgIpc) is 2.65. The molecule has 0 bridgehead atoms. The smallest absolute Gasteiger partial charge is 0.239 e. The summed E-state index contributed by atoms with van der Waals surface area (Å²) in [5, 5.41) is 2.87. The molecule has 0 aromatic carbocycles. The summed E-state index contributed by atoms with van der Waals surface area (Å²) in [4.78, 5) is 12.0. The van der Waals surface area contributed by atoms with E-state index in [1.165, 1.54) is 0 Å². The molecule has 0 unspecified atom stereocenters. The maximum absolute atomic E-state index is 11.7. The third-order valence-corrected chi connectivity index (χ3v) is 2.65. The van der Waals surface area contributed by atoms with Gasteiger partial charge in [-0.05, 0) is 24.5 Å². The number of carbonyl (C=O) groups excluding carboxylic acids is 1. The monoisotopic (exact) mass is 253 g/mol. The zero-order chi connectivity index (χ0) is 12.8. The Balaban J connectivity index is 2.45. The fourth-order valence-electron chi connectivity index (χ4n) is 1.49.